The van der Waals surface area contributed by atoms with Gasteiger partial charge in [0.1, 0.15) is 0 Å². The Morgan fingerprint density at radius 3 is 2.67 bits per heavy atom. The monoisotopic (exact) mass is 249 g/mol. The maximum atomic E-state index is 5.70. The molecule has 100 valence electrons. The van der Waals surface area contributed by atoms with Gasteiger partial charge in [-0.25, -0.2) is 4.98 Å². The highest BCUT2D eigenvalue weighted by Crippen LogP contribution is 2.20. The predicted molar refractivity (Wildman–Crippen MR) is 73.4 cm³/mol. The van der Waals surface area contributed by atoms with E-state index in [9.17, 15) is 0 Å². The molecule has 0 atom stereocenters. The van der Waals surface area contributed by atoms with Gasteiger partial charge in [-0.2, -0.15) is 0 Å². The van der Waals surface area contributed by atoms with E-state index in [1.807, 2.05) is 0 Å². The second-order valence-electron chi connectivity index (χ2n) is 5.16. The van der Waals surface area contributed by atoms with E-state index >= 15 is 0 Å². The minimum Gasteiger partial charge on any atom is -0.358 e. The van der Waals surface area contributed by atoms with E-state index in [2.05, 4.69) is 33.9 Å². The molecule has 0 unspecified atom stereocenters. The lowest BCUT2D eigenvalue weighted by molar-refractivity contribution is 0.222. The summed E-state index contributed by atoms with van der Waals surface area (Å²) in [7, 11) is 4.27. The molecule has 0 radical (unpaired) electrons. The van der Waals surface area contributed by atoms with E-state index in [1.54, 1.807) is 12.4 Å². The van der Waals surface area contributed by atoms with E-state index in [1.165, 1.54) is 25.9 Å². The third-order valence-electron chi connectivity index (χ3n) is 3.68. The van der Waals surface area contributed by atoms with Crippen molar-refractivity contribution in [3.8, 4) is 0 Å². The highest BCUT2D eigenvalue weighted by molar-refractivity contribution is 5.41. The van der Waals surface area contributed by atoms with Gasteiger partial charge in [-0.15, -0.1) is 0 Å². The first-order valence-electron chi connectivity index (χ1n) is 6.60. The van der Waals surface area contributed by atoms with Crippen LogP contribution in [0.5, 0.6) is 0 Å². The highest BCUT2D eigenvalue weighted by atomic mass is 15.2. The molecule has 1 fully saturated rings. The van der Waals surface area contributed by atoms with Crippen molar-refractivity contribution in [2.24, 2.45) is 11.7 Å². The third kappa shape index (κ3) is 3.17. The number of likely N-dealkylation sites (tertiary alicyclic amines) is 1. The lowest BCUT2D eigenvalue weighted by Gasteiger charge is -2.32. The van der Waals surface area contributed by atoms with Crippen LogP contribution in [-0.2, 0) is 6.54 Å². The SMILES string of the molecule is CN1CCC(CN(C)c2nccnc2CN)CC1. The van der Waals surface area contributed by atoms with Crippen molar-refractivity contribution >= 4 is 5.82 Å². The maximum Gasteiger partial charge on any atom is 0.151 e. The van der Waals surface area contributed by atoms with Gasteiger partial charge in [0.25, 0.3) is 0 Å². The number of hydrogen-bond acceptors (Lipinski definition) is 5. The summed E-state index contributed by atoms with van der Waals surface area (Å²) in [6, 6.07) is 0. The fourth-order valence-corrected chi connectivity index (χ4v) is 2.54. The summed E-state index contributed by atoms with van der Waals surface area (Å²) in [5, 5.41) is 0. The molecule has 5 nitrogen and oxygen atoms in total. The fraction of sp³-hybridized carbons (Fsp3) is 0.692. The molecule has 1 aromatic heterocycles. The Balaban J connectivity index is 1.96. The van der Waals surface area contributed by atoms with Gasteiger partial charge in [-0.05, 0) is 38.9 Å². The molecule has 5 heteroatoms. The standard InChI is InChI=1S/C13H23N5/c1-17-7-3-11(4-8-17)10-18(2)13-12(9-14)15-5-6-16-13/h5-6,11H,3-4,7-10,14H2,1-2H3. The molecular weight excluding hydrogens is 226 g/mol. The fourth-order valence-electron chi connectivity index (χ4n) is 2.54. The van der Waals surface area contributed by atoms with Crippen LogP contribution in [0.4, 0.5) is 5.82 Å². The predicted octanol–water partition coefficient (Wildman–Crippen LogP) is 0.713. The number of aromatic nitrogens is 2. The van der Waals surface area contributed by atoms with Crippen LogP contribution in [0.3, 0.4) is 0 Å². The molecule has 0 spiro atoms. The Morgan fingerprint density at radius 1 is 1.33 bits per heavy atom. The molecule has 1 saturated heterocycles. The average molecular weight is 249 g/mol. The molecule has 0 bridgehead atoms. The molecule has 0 saturated carbocycles. The summed E-state index contributed by atoms with van der Waals surface area (Å²) < 4.78 is 0. The van der Waals surface area contributed by atoms with Crippen molar-refractivity contribution in [2.45, 2.75) is 19.4 Å². The molecule has 2 heterocycles. The van der Waals surface area contributed by atoms with Gasteiger partial charge in [0, 0.05) is 32.5 Å². The molecule has 2 rings (SSSR count). The zero-order valence-electron chi connectivity index (χ0n) is 11.3. The number of hydrogen-bond donors (Lipinski definition) is 1. The first-order valence-corrected chi connectivity index (χ1v) is 6.60. The number of anilines is 1. The second kappa shape index (κ2) is 6.11. The van der Waals surface area contributed by atoms with Crippen molar-refractivity contribution in [1.29, 1.82) is 0 Å². The van der Waals surface area contributed by atoms with Gasteiger partial charge in [-0.1, -0.05) is 0 Å². The van der Waals surface area contributed by atoms with E-state index in [0.29, 0.717) is 6.54 Å². The van der Waals surface area contributed by atoms with Crippen LogP contribution in [-0.4, -0.2) is 48.6 Å². The first kappa shape index (κ1) is 13.2. The van der Waals surface area contributed by atoms with Crippen molar-refractivity contribution in [3.63, 3.8) is 0 Å². The van der Waals surface area contributed by atoms with Gasteiger partial charge >= 0.3 is 0 Å². The highest BCUT2D eigenvalue weighted by Gasteiger charge is 2.19. The Hall–Kier alpha value is -1.20. The Kier molecular flexibility index (Phi) is 4.49. The van der Waals surface area contributed by atoms with Crippen LogP contribution in [0.25, 0.3) is 0 Å². The van der Waals surface area contributed by atoms with Crippen molar-refractivity contribution in [2.75, 3.05) is 38.6 Å². The van der Waals surface area contributed by atoms with Gasteiger partial charge in [0.05, 0.1) is 5.69 Å². The summed E-state index contributed by atoms with van der Waals surface area (Å²) in [6.07, 6.45) is 5.97. The minimum atomic E-state index is 0.445. The summed E-state index contributed by atoms with van der Waals surface area (Å²) in [5.74, 6) is 1.68. The topological polar surface area (TPSA) is 58.3 Å². The molecule has 0 aromatic carbocycles. The van der Waals surface area contributed by atoms with Crippen molar-refractivity contribution in [1.82, 2.24) is 14.9 Å². The molecule has 18 heavy (non-hydrogen) atoms. The van der Waals surface area contributed by atoms with Crippen LogP contribution < -0.4 is 10.6 Å². The molecular formula is C13H23N5. The van der Waals surface area contributed by atoms with E-state index in [-0.39, 0.29) is 0 Å². The Labute approximate surface area is 109 Å². The Bertz CT molecular complexity index is 373. The summed E-state index contributed by atoms with van der Waals surface area (Å²) >= 11 is 0. The van der Waals surface area contributed by atoms with Crippen molar-refractivity contribution < 1.29 is 0 Å². The Morgan fingerprint density at radius 2 is 2.00 bits per heavy atom. The van der Waals surface area contributed by atoms with Crippen LogP contribution in [0.1, 0.15) is 18.5 Å². The lowest BCUT2D eigenvalue weighted by atomic mass is 9.96. The van der Waals surface area contributed by atoms with Gasteiger partial charge in [0.15, 0.2) is 5.82 Å². The molecule has 1 aromatic rings. The number of piperidine rings is 1. The average Bonchev–Trinajstić information content (AvgIpc) is 2.41. The number of nitrogens with zero attached hydrogens (tertiary/aromatic N) is 4. The molecule has 0 amide bonds. The summed E-state index contributed by atoms with van der Waals surface area (Å²) in [4.78, 5) is 13.3. The number of nitrogens with two attached hydrogens (primary N) is 1. The van der Waals surface area contributed by atoms with E-state index in [0.717, 1.165) is 24.0 Å². The zero-order valence-corrected chi connectivity index (χ0v) is 11.3. The van der Waals surface area contributed by atoms with Crippen LogP contribution in [0.15, 0.2) is 12.4 Å². The maximum absolute atomic E-state index is 5.70. The third-order valence-corrected chi connectivity index (χ3v) is 3.68. The largest absolute Gasteiger partial charge is 0.358 e. The summed E-state index contributed by atoms with van der Waals surface area (Å²) in [5.41, 5.74) is 6.59. The van der Waals surface area contributed by atoms with Gasteiger partial charge in [0.2, 0.25) is 0 Å². The van der Waals surface area contributed by atoms with Crippen molar-refractivity contribution in [3.05, 3.63) is 18.1 Å². The first-order chi connectivity index (χ1) is 8.70. The van der Waals surface area contributed by atoms with Crippen LogP contribution >= 0.6 is 0 Å². The lowest BCUT2D eigenvalue weighted by Crippen LogP contribution is -2.36. The van der Waals surface area contributed by atoms with Crippen LogP contribution in [0.2, 0.25) is 0 Å². The normalized spacial score (nSPS) is 17.9. The van der Waals surface area contributed by atoms with Gasteiger partial charge < -0.3 is 15.5 Å². The zero-order chi connectivity index (χ0) is 13.0. The smallest absolute Gasteiger partial charge is 0.151 e. The molecule has 2 N–H and O–H groups in total. The minimum absolute atomic E-state index is 0.445. The van der Waals surface area contributed by atoms with E-state index < -0.39 is 0 Å². The molecule has 1 aliphatic rings. The molecule has 1 aliphatic heterocycles. The van der Waals surface area contributed by atoms with Crippen LogP contribution in [0, 0.1) is 5.92 Å². The second-order valence-corrected chi connectivity index (χ2v) is 5.16. The van der Waals surface area contributed by atoms with E-state index in [4.69, 9.17) is 5.73 Å². The summed E-state index contributed by atoms with van der Waals surface area (Å²) in [6.45, 7) is 3.88. The van der Waals surface area contributed by atoms with Gasteiger partial charge in [-0.3, -0.25) is 4.98 Å². The quantitative estimate of drug-likeness (QED) is 0.852. The molecule has 0 aliphatic carbocycles. The number of rotatable bonds is 4.